The molecule has 0 atom stereocenters. The maximum Gasteiger partial charge on any atom is 0.182 e. The first-order valence-electron chi connectivity index (χ1n) is 7.89. The van der Waals surface area contributed by atoms with Gasteiger partial charge in [-0.25, -0.2) is 0 Å². The monoisotopic (exact) mass is 283 g/mol. The number of ketones is 2. The Morgan fingerprint density at radius 3 is 1.57 bits per heavy atom. The molecule has 110 valence electrons. The van der Waals surface area contributed by atoms with Crippen LogP contribution in [0.4, 0.5) is 0 Å². The highest BCUT2D eigenvalue weighted by Gasteiger charge is 2.19. The highest BCUT2D eigenvalue weighted by Crippen LogP contribution is 2.22. The first-order valence-corrected chi connectivity index (χ1v) is 7.89. The van der Waals surface area contributed by atoms with E-state index in [0.29, 0.717) is 24.0 Å². The molecule has 3 heterocycles. The molecule has 0 aromatic carbocycles. The first kappa shape index (κ1) is 14.1. The zero-order valence-corrected chi connectivity index (χ0v) is 12.3. The minimum atomic E-state index is 0.0426. The maximum atomic E-state index is 12.1. The SMILES string of the molecule is O=C1C=C2CCCCc3ccc([nH]3)CCCCC1=CC2=O. The average molecular weight is 283 g/mol. The fraction of sp³-hybridized carbons (Fsp3) is 0.444. The van der Waals surface area contributed by atoms with E-state index in [1.54, 1.807) is 12.2 Å². The first-order chi connectivity index (χ1) is 10.2. The third-order valence-electron chi connectivity index (χ3n) is 4.33. The van der Waals surface area contributed by atoms with Crippen LogP contribution in [0, 0.1) is 0 Å². The van der Waals surface area contributed by atoms with Crippen LogP contribution < -0.4 is 0 Å². The van der Waals surface area contributed by atoms with Crippen LogP contribution in [-0.2, 0) is 22.4 Å². The van der Waals surface area contributed by atoms with E-state index in [-0.39, 0.29) is 11.6 Å². The lowest BCUT2D eigenvalue weighted by Crippen LogP contribution is -2.13. The van der Waals surface area contributed by atoms with E-state index in [1.807, 2.05) is 0 Å². The van der Waals surface area contributed by atoms with E-state index in [4.69, 9.17) is 0 Å². The number of aryl methyl sites for hydroxylation is 2. The molecule has 0 amide bonds. The minimum Gasteiger partial charge on any atom is -0.362 e. The van der Waals surface area contributed by atoms with E-state index in [2.05, 4.69) is 17.1 Å². The van der Waals surface area contributed by atoms with Gasteiger partial charge in [-0.1, -0.05) is 0 Å². The molecule has 1 N–H and O–H groups in total. The Kier molecular flexibility index (Phi) is 4.18. The number of nitrogens with one attached hydrogen (secondary N) is 1. The number of carbonyl (C=O) groups excluding carboxylic acids is 2. The summed E-state index contributed by atoms with van der Waals surface area (Å²) in [5, 5.41) is 0. The Morgan fingerprint density at radius 1 is 0.667 bits per heavy atom. The molecule has 4 rings (SSSR count). The number of hydrogen-bond acceptors (Lipinski definition) is 2. The van der Waals surface area contributed by atoms with Crippen LogP contribution in [0.3, 0.4) is 0 Å². The third kappa shape index (κ3) is 3.41. The molecule has 3 heteroatoms. The molecule has 1 aliphatic carbocycles. The van der Waals surface area contributed by atoms with Crippen molar-refractivity contribution in [3.05, 3.63) is 46.8 Å². The molecule has 0 saturated heterocycles. The summed E-state index contributed by atoms with van der Waals surface area (Å²) >= 11 is 0. The van der Waals surface area contributed by atoms with Crippen molar-refractivity contribution in [3.8, 4) is 0 Å². The second kappa shape index (κ2) is 6.25. The van der Waals surface area contributed by atoms with Crippen LogP contribution in [-0.4, -0.2) is 16.6 Å². The van der Waals surface area contributed by atoms with Gasteiger partial charge in [0.2, 0.25) is 0 Å². The van der Waals surface area contributed by atoms with Crippen LogP contribution in [0.25, 0.3) is 0 Å². The van der Waals surface area contributed by atoms with E-state index in [0.717, 1.165) is 38.5 Å². The smallest absolute Gasteiger partial charge is 0.182 e. The van der Waals surface area contributed by atoms with Gasteiger partial charge in [0, 0.05) is 22.5 Å². The van der Waals surface area contributed by atoms with Gasteiger partial charge in [0.1, 0.15) is 0 Å². The average Bonchev–Trinajstić information content (AvgIpc) is 2.90. The molecule has 1 aromatic heterocycles. The van der Waals surface area contributed by atoms with Gasteiger partial charge in [-0.15, -0.1) is 0 Å². The summed E-state index contributed by atoms with van der Waals surface area (Å²) in [5.74, 6) is 0.0853. The molecule has 0 saturated carbocycles. The number of carbonyl (C=O) groups is 2. The van der Waals surface area contributed by atoms with Crippen molar-refractivity contribution in [2.45, 2.75) is 51.4 Å². The van der Waals surface area contributed by atoms with Crippen molar-refractivity contribution >= 4 is 11.6 Å². The summed E-state index contributed by atoms with van der Waals surface area (Å²) in [5.41, 5.74) is 3.93. The fourth-order valence-electron chi connectivity index (χ4n) is 3.08. The van der Waals surface area contributed by atoms with Gasteiger partial charge in [-0.3, -0.25) is 9.59 Å². The molecule has 4 bridgehead atoms. The van der Waals surface area contributed by atoms with Gasteiger partial charge in [0.15, 0.2) is 11.6 Å². The van der Waals surface area contributed by atoms with E-state index in [1.165, 1.54) is 11.4 Å². The fourth-order valence-corrected chi connectivity index (χ4v) is 3.08. The molecule has 0 radical (unpaired) electrons. The largest absolute Gasteiger partial charge is 0.362 e. The van der Waals surface area contributed by atoms with Gasteiger partial charge >= 0.3 is 0 Å². The lowest BCUT2D eigenvalue weighted by Gasteiger charge is -2.12. The number of allylic oxidation sites excluding steroid dienone is 4. The van der Waals surface area contributed by atoms with Gasteiger partial charge in [0.05, 0.1) is 0 Å². The summed E-state index contributed by atoms with van der Waals surface area (Å²) in [6.07, 6.45) is 10.6. The Hall–Kier alpha value is -1.90. The molecule has 0 fully saturated rings. The Morgan fingerprint density at radius 2 is 1.10 bits per heavy atom. The lowest BCUT2D eigenvalue weighted by molar-refractivity contribution is -0.115. The molecule has 0 spiro atoms. The minimum absolute atomic E-state index is 0.0426. The second-order valence-electron chi connectivity index (χ2n) is 5.99. The van der Waals surface area contributed by atoms with Gasteiger partial charge < -0.3 is 4.98 Å². The Bertz CT molecular complexity index is 566. The molecular formula is C18H21NO2. The number of rotatable bonds is 0. The van der Waals surface area contributed by atoms with Crippen LogP contribution in [0.5, 0.6) is 0 Å². The highest BCUT2D eigenvalue weighted by atomic mass is 16.1. The summed E-state index contributed by atoms with van der Waals surface area (Å²) in [4.78, 5) is 27.6. The van der Waals surface area contributed by atoms with Crippen LogP contribution >= 0.6 is 0 Å². The van der Waals surface area contributed by atoms with Gasteiger partial charge in [-0.05, 0) is 75.7 Å². The number of aromatic amines is 1. The van der Waals surface area contributed by atoms with Crippen molar-refractivity contribution in [1.82, 2.24) is 4.98 Å². The topological polar surface area (TPSA) is 49.9 Å². The molecule has 2 aliphatic heterocycles. The van der Waals surface area contributed by atoms with Crippen LogP contribution in [0.15, 0.2) is 35.4 Å². The van der Waals surface area contributed by atoms with Crippen molar-refractivity contribution in [1.29, 1.82) is 0 Å². The van der Waals surface area contributed by atoms with E-state index >= 15 is 0 Å². The summed E-state index contributed by atoms with van der Waals surface area (Å²) in [6.45, 7) is 0. The summed E-state index contributed by atoms with van der Waals surface area (Å²) in [7, 11) is 0. The van der Waals surface area contributed by atoms with E-state index < -0.39 is 0 Å². The lowest BCUT2D eigenvalue weighted by atomic mass is 9.91. The Labute approximate surface area is 125 Å². The molecule has 3 nitrogen and oxygen atoms in total. The zero-order valence-electron chi connectivity index (χ0n) is 12.3. The van der Waals surface area contributed by atoms with Crippen molar-refractivity contribution in [2.75, 3.05) is 0 Å². The van der Waals surface area contributed by atoms with E-state index in [9.17, 15) is 9.59 Å². The molecular weight excluding hydrogens is 262 g/mol. The highest BCUT2D eigenvalue weighted by molar-refractivity contribution is 6.19. The van der Waals surface area contributed by atoms with Crippen molar-refractivity contribution < 1.29 is 9.59 Å². The number of hydrogen-bond donors (Lipinski definition) is 1. The quantitative estimate of drug-likeness (QED) is 0.741. The van der Waals surface area contributed by atoms with Crippen molar-refractivity contribution in [2.24, 2.45) is 0 Å². The van der Waals surface area contributed by atoms with Crippen molar-refractivity contribution in [3.63, 3.8) is 0 Å². The van der Waals surface area contributed by atoms with Crippen LogP contribution in [0.2, 0.25) is 0 Å². The maximum absolute atomic E-state index is 12.1. The molecule has 21 heavy (non-hydrogen) atoms. The van der Waals surface area contributed by atoms with Crippen LogP contribution in [0.1, 0.15) is 49.9 Å². The molecule has 1 aromatic rings. The Balaban J connectivity index is 1.75. The normalized spacial score (nSPS) is 20.6. The van der Waals surface area contributed by atoms with Gasteiger partial charge in [-0.2, -0.15) is 0 Å². The zero-order chi connectivity index (χ0) is 14.7. The summed E-state index contributed by atoms with van der Waals surface area (Å²) < 4.78 is 0. The summed E-state index contributed by atoms with van der Waals surface area (Å²) in [6, 6.07) is 4.34. The number of fused-ring (bicyclic) bond motifs is 8. The molecule has 0 unspecified atom stereocenters. The third-order valence-corrected chi connectivity index (χ3v) is 4.33. The predicted octanol–water partition coefficient (Wildman–Crippen LogP) is 3.46. The number of H-pyrrole nitrogens is 1. The standard InChI is InChI=1S/C18H21NO2/c20-17-12-14-6-2-4-8-16-10-9-15(19-16)7-3-1-5-13(17)11-18(14)21/h9-12,19H,1-8H2. The van der Waals surface area contributed by atoms with Gasteiger partial charge in [0.25, 0.3) is 0 Å². The predicted molar refractivity (Wildman–Crippen MR) is 82.1 cm³/mol. The second-order valence-corrected chi connectivity index (χ2v) is 5.99. The molecule has 3 aliphatic rings. The number of aromatic nitrogens is 1.